The molecule has 206 valence electrons. The molecule has 0 atom stereocenters. The van der Waals surface area contributed by atoms with E-state index in [-0.39, 0.29) is 5.41 Å². The van der Waals surface area contributed by atoms with Crippen LogP contribution < -0.4 is 0 Å². The van der Waals surface area contributed by atoms with Crippen molar-refractivity contribution >= 4 is 61.1 Å². The summed E-state index contributed by atoms with van der Waals surface area (Å²) >= 11 is 1.92. The SMILES string of the molecule is C=C1/C=C\C=C/CSc2c1c1c(c3c4ccccc4n(-c4ccc5oc6ccccc6c5c4)c23)-c2ccccc2C1(C)C. The van der Waals surface area contributed by atoms with E-state index < -0.39 is 0 Å². The third-order valence-corrected chi connectivity index (χ3v) is 10.4. The van der Waals surface area contributed by atoms with Crippen LogP contribution in [0.1, 0.15) is 30.5 Å². The lowest BCUT2D eigenvalue weighted by Gasteiger charge is -2.27. The van der Waals surface area contributed by atoms with E-state index in [1.807, 2.05) is 23.9 Å². The van der Waals surface area contributed by atoms with Crippen molar-refractivity contribution in [3.05, 3.63) is 139 Å². The van der Waals surface area contributed by atoms with Gasteiger partial charge in [-0.3, -0.25) is 0 Å². The highest BCUT2D eigenvalue weighted by Crippen LogP contribution is 2.58. The van der Waals surface area contributed by atoms with Gasteiger partial charge < -0.3 is 8.98 Å². The van der Waals surface area contributed by atoms with Crippen molar-refractivity contribution in [2.45, 2.75) is 24.2 Å². The summed E-state index contributed by atoms with van der Waals surface area (Å²) in [4.78, 5) is 1.30. The van der Waals surface area contributed by atoms with Crippen LogP contribution in [-0.2, 0) is 5.41 Å². The van der Waals surface area contributed by atoms with Crippen LogP contribution in [0.4, 0.5) is 0 Å². The molecule has 2 aromatic heterocycles. The summed E-state index contributed by atoms with van der Waals surface area (Å²) in [6.07, 6.45) is 8.72. The summed E-state index contributed by atoms with van der Waals surface area (Å²) in [7, 11) is 0. The van der Waals surface area contributed by atoms with E-state index in [2.05, 4.69) is 128 Å². The van der Waals surface area contributed by atoms with E-state index in [4.69, 9.17) is 4.42 Å². The molecule has 0 saturated heterocycles. The summed E-state index contributed by atoms with van der Waals surface area (Å²) in [5, 5.41) is 4.88. The Morgan fingerprint density at radius 3 is 2.47 bits per heavy atom. The zero-order valence-corrected chi connectivity index (χ0v) is 25.0. The monoisotopic (exact) mass is 571 g/mol. The lowest BCUT2D eigenvalue weighted by atomic mass is 9.78. The first kappa shape index (κ1) is 24.8. The second-order valence-corrected chi connectivity index (χ2v) is 13.1. The normalized spacial score (nSPS) is 17.0. The van der Waals surface area contributed by atoms with Gasteiger partial charge in [0.1, 0.15) is 11.2 Å². The maximum absolute atomic E-state index is 6.23. The first-order valence-corrected chi connectivity index (χ1v) is 15.8. The fourth-order valence-corrected chi connectivity index (χ4v) is 8.64. The molecule has 0 amide bonds. The van der Waals surface area contributed by atoms with Crippen LogP contribution in [0.15, 0.2) is 131 Å². The topological polar surface area (TPSA) is 18.1 Å². The summed E-state index contributed by atoms with van der Waals surface area (Å²) in [5.74, 6) is 0.888. The standard InChI is InChI=1S/C40H29NOS/c1-24-13-5-4-12-22-43-39-34(24)37-35(27-15-6-9-17-30(27)40(37,2)3)36-28-16-7-10-18-31(28)41(38(36)39)25-20-21-33-29(23-25)26-14-8-11-19-32(26)42-33/h4-21,23H,1,22H2,2-3H3/b12-4-,13-5-. The van der Waals surface area contributed by atoms with Crippen molar-refractivity contribution in [3.63, 3.8) is 0 Å². The molecule has 0 fully saturated rings. The van der Waals surface area contributed by atoms with Gasteiger partial charge in [0.2, 0.25) is 0 Å². The van der Waals surface area contributed by atoms with Gasteiger partial charge in [-0.1, -0.05) is 105 Å². The largest absolute Gasteiger partial charge is 0.456 e. The van der Waals surface area contributed by atoms with Gasteiger partial charge in [0.25, 0.3) is 0 Å². The highest BCUT2D eigenvalue weighted by Gasteiger charge is 2.41. The van der Waals surface area contributed by atoms with Gasteiger partial charge in [0, 0.05) is 48.9 Å². The Labute approximate surface area is 254 Å². The van der Waals surface area contributed by atoms with Crippen LogP contribution in [0.5, 0.6) is 0 Å². The smallest absolute Gasteiger partial charge is 0.135 e. The van der Waals surface area contributed by atoms with Gasteiger partial charge in [0.15, 0.2) is 0 Å². The Morgan fingerprint density at radius 2 is 1.56 bits per heavy atom. The summed E-state index contributed by atoms with van der Waals surface area (Å²) in [6, 6.07) is 32.9. The Morgan fingerprint density at radius 1 is 0.791 bits per heavy atom. The predicted molar refractivity (Wildman–Crippen MR) is 184 cm³/mol. The number of fused-ring (bicyclic) bond motifs is 13. The van der Waals surface area contributed by atoms with E-state index in [0.29, 0.717) is 0 Å². The summed E-state index contributed by atoms with van der Waals surface area (Å²) in [6.45, 7) is 9.45. The van der Waals surface area contributed by atoms with E-state index in [1.165, 1.54) is 54.5 Å². The molecule has 7 aromatic rings. The molecule has 0 unspecified atom stereocenters. The third-order valence-electron chi connectivity index (χ3n) is 9.37. The molecule has 5 aromatic carbocycles. The van der Waals surface area contributed by atoms with Crippen LogP contribution >= 0.6 is 11.8 Å². The van der Waals surface area contributed by atoms with Crippen molar-refractivity contribution in [3.8, 4) is 16.8 Å². The lowest BCUT2D eigenvalue weighted by Crippen LogP contribution is -2.18. The number of hydrogen-bond donors (Lipinski definition) is 0. The third kappa shape index (κ3) is 3.31. The second-order valence-electron chi connectivity index (χ2n) is 12.1. The molecule has 0 radical (unpaired) electrons. The zero-order chi connectivity index (χ0) is 28.9. The van der Waals surface area contributed by atoms with Gasteiger partial charge in [-0.15, -0.1) is 11.8 Å². The summed E-state index contributed by atoms with van der Waals surface area (Å²) in [5.41, 5.74) is 13.0. The van der Waals surface area contributed by atoms with Gasteiger partial charge >= 0.3 is 0 Å². The van der Waals surface area contributed by atoms with Crippen molar-refractivity contribution < 1.29 is 4.42 Å². The van der Waals surface area contributed by atoms with E-state index in [0.717, 1.165) is 39.0 Å². The number of furan rings is 1. The molecular weight excluding hydrogens is 543 g/mol. The van der Waals surface area contributed by atoms with Crippen molar-refractivity contribution in [1.82, 2.24) is 4.57 Å². The first-order chi connectivity index (χ1) is 21.0. The number of thioether (sulfide) groups is 1. The van der Waals surface area contributed by atoms with E-state index in [9.17, 15) is 0 Å². The average Bonchev–Trinajstić information content (AvgIpc) is 3.66. The fourth-order valence-electron chi connectivity index (χ4n) is 7.55. The minimum atomic E-state index is -0.166. The Kier molecular flexibility index (Phi) is 5.13. The minimum Gasteiger partial charge on any atom is -0.456 e. The molecule has 0 spiro atoms. The number of allylic oxidation sites excluding steroid dienone is 4. The highest BCUT2D eigenvalue weighted by molar-refractivity contribution is 7.99. The molecule has 2 aliphatic rings. The van der Waals surface area contributed by atoms with E-state index in [1.54, 1.807) is 0 Å². The number of aromatic nitrogens is 1. The number of nitrogens with zero attached hydrogens (tertiary/aromatic N) is 1. The lowest BCUT2D eigenvalue weighted by molar-refractivity contribution is 0.657. The molecular formula is C40H29NOS. The molecule has 43 heavy (non-hydrogen) atoms. The molecule has 0 saturated carbocycles. The molecule has 0 bridgehead atoms. The van der Waals surface area contributed by atoms with Crippen LogP contribution in [0.2, 0.25) is 0 Å². The molecule has 3 heterocycles. The second kappa shape index (κ2) is 8.89. The molecule has 1 aliphatic heterocycles. The van der Waals surface area contributed by atoms with Crippen LogP contribution in [-0.4, -0.2) is 10.3 Å². The van der Waals surface area contributed by atoms with Crippen molar-refractivity contribution in [1.29, 1.82) is 0 Å². The Bertz CT molecular complexity index is 2390. The Balaban J connectivity index is 1.51. The van der Waals surface area contributed by atoms with Gasteiger partial charge in [0.05, 0.1) is 11.0 Å². The van der Waals surface area contributed by atoms with Gasteiger partial charge in [-0.25, -0.2) is 0 Å². The number of hydrogen-bond acceptors (Lipinski definition) is 2. The average molecular weight is 572 g/mol. The molecule has 9 rings (SSSR count). The minimum absolute atomic E-state index is 0.166. The number of benzene rings is 5. The van der Waals surface area contributed by atoms with Gasteiger partial charge in [-0.05, 0) is 58.2 Å². The first-order valence-electron chi connectivity index (χ1n) is 14.8. The predicted octanol–water partition coefficient (Wildman–Crippen LogP) is 11.2. The van der Waals surface area contributed by atoms with Crippen molar-refractivity contribution in [2.24, 2.45) is 0 Å². The number of rotatable bonds is 1. The maximum Gasteiger partial charge on any atom is 0.135 e. The molecule has 3 heteroatoms. The molecule has 2 nitrogen and oxygen atoms in total. The summed E-state index contributed by atoms with van der Waals surface area (Å²) < 4.78 is 8.72. The highest BCUT2D eigenvalue weighted by atomic mass is 32.2. The number of para-hydroxylation sites is 2. The van der Waals surface area contributed by atoms with Crippen molar-refractivity contribution in [2.75, 3.05) is 5.75 Å². The quantitative estimate of drug-likeness (QED) is 0.195. The molecule has 0 N–H and O–H groups in total. The van der Waals surface area contributed by atoms with Gasteiger partial charge in [-0.2, -0.15) is 0 Å². The van der Waals surface area contributed by atoms with Crippen LogP contribution in [0.25, 0.3) is 66.1 Å². The molecule has 1 aliphatic carbocycles. The Hall–Kier alpha value is -4.73. The van der Waals surface area contributed by atoms with Crippen LogP contribution in [0.3, 0.4) is 0 Å². The van der Waals surface area contributed by atoms with Crippen LogP contribution in [0, 0.1) is 0 Å². The zero-order valence-electron chi connectivity index (χ0n) is 24.1. The fraction of sp³-hybridized carbons (Fsp3) is 0.100. The maximum atomic E-state index is 6.23. The van der Waals surface area contributed by atoms with E-state index >= 15 is 0 Å².